The summed E-state index contributed by atoms with van der Waals surface area (Å²) in [5.41, 5.74) is 1.41. The zero-order chi connectivity index (χ0) is 22.9. The third-order valence-electron chi connectivity index (χ3n) is 4.60. The molecule has 0 spiro atoms. The largest absolute Gasteiger partial charge is 0.347 e. The number of ketones is 1. The molecule has 0 radical (unpaired) electrons. The Labute approximate surface area is 182 Å². The summed E-state index contributed by atoms with van der Waals surface area (Å²) in [7, 11) is -3.80. The molecule has 0 heterocycles. The van der Waals surface area contributed by atoms with Gasteiger partial charge in [-0.1, -0.05) is 42.5 Å². The van der Waals surface area contributed by atoms with Gasteiger partial charge < -0.3 is 10.2 Å². The second kappa shape index (κ2) is 11.4. The third-order valence-corrected chi connectivity index (χ3v) is 6.08. The van der Waals surface area contributed by atoms with Crippen LogP contribution < -0.4 is 10.0 Å². The molecule has 2 amide bonds. The molecule has 0 unspecified atom stereocenters. The maximum Gasteiger partial charge on any atom is 0.242 e. The lowest BCUT2D eigenvalue weighted by atomic mass is 10.2. The fourth-order valence-electron chi connectivity index (χ4n) is 2.81. The van der Waals surface area contributed by atoms with Crippen LogP contribution in [0.25, 0.3) is 0 Å². The molecule has 0 aliphatic heterocycles. The van der Waals surface area contributed by atoms with Crippen LogP contribution in [0, 0.1) is 0 Å². The first-order chi connectivity index (χ1) is 14.7. The van der Waals surface area contributed by atoms with Crippen LogP contribution in [0.2, 0.25) is 0 Å². The van der Waals surface area contributed by atoms with E-state index in [1.54, 1.807) is 4.90 Å². The predicted octanol–water partition coefficient (Wildman–Crippen LogP) is 1.72. The summed E-state index contributed by atoms with van der Waals surface area (Å²) in [5.74, 6) is -0.807. The SMILES string of the molecule is CCN(Cc1ccccc1)C(=O)CNC(=O)CCNS(=O)(=O)c1ccc(C(C)=O)cc1. The lowest BCUT2D eigenvalue weighted by Gasteiger charge is -2.21. The molecule has 9 heteroatoms. The minimum atomic E-state index is -3.80. The number of carbonyl (C=O) groups excluding carboxylic acids is 3. The third kappa shape index (κ3) is 7.62. The standard InChI is InChI=1S/C22H27N3O5S/c1-3-25(16-18-7-5-4-6-8-18)22(28)15-23-21(27)13-14-24-31(29,30)20-11-9-19(10-12-20)17(2)26/h4-12,24H,3,13-16H2,1-2H3,(H,23,27). The van der Waals surface area contributed by atoms with Crippen molar-refractivity contribution in [3.05, 3.63) is 65.7 Å². The smallest absolute Gasteiger partial charge is 0.242 e. The summed E-state index contributed by atoms with van der Waals surface area (Å²) in [6, 6.07) is 15.1. The highest BCUT2D eigenvalue weighted by molar-refractivity contribution is 7.89. The molecule has 0 aliphatic carbocycles. The van der Waals surface area contributed by atoms with Gasteiger partial charge in [-0.15, -0.1) is 0 Å². The van der Waals surface area contributed by atoms with Crippen molar-refractivity contribution in [3.8, 4) is 0 Å². The highest BCUT2D eigenvalue weighted by Gasteiger charge is 2.16. The van der Waals surface area contributed by atoms with Gasteiger partial charge >= 0.3 is 0 Å². The van der Waals surface area contributed by atoms with Gasteiger partial charge in [0.2, 0.25) is 21.8 Å². The Morgan fingerprint density at radius 2 is 1.61 bits per heavy atom. The number of carbonyl (C=O) groups is 3. The highest BCUT2D eigenvalue weighted by Crippen LogP contribution is 2.11. The van der Waals surface area contributed by atoms with Crippen molar-refractivity contribution in [2.24, 2.45) is 0 Å². The molecule has 0 aliphatic rings. The van der Waals surface area contributed by atoms with Crippen LogP contribution in [0.4, 0.5) is 0 Å². The topological polar surface area (TPSA) is 113 Å². The van der Waals surface area contributed by atoms with Gasteiger partial charge in [-0.25, -0.2) is 13.1 Å². The fourth-order valence-corrected chi connectivity index (χ4v) is 3.84. The molecule has 2 aromatic carbocycles. The molecule has 2 N–H and O–H groups in total. The first-order valence-electron chi connectivity index (χ1n) is 9.92. The molecule has 31 heavy (non-hydrogen) atoms. The molecule has 0 saturated carbocycles. The van der Waals surface area contributed by atoms with Gasteiger partial charge in [-0.05, 0) is 31.5 Å². The average Bonchev–Trinajstić information content (AvgIpc) is 2.76. The van der Waals surface area contributed by atoms with E-state index in [1.165, 1.54) is 31.2 Å². The summed E-state index contributed by atoms with van der Waals surface area (Å²) in [6.45, 7) is 3.95. The predicted molar refractivity (Wildman–Crippen MR) is 117 cm³/mol. The minimum absolute atomic E-state index is 0.00702. The number of nitrogens with zero attached hydrogens (tertiary/aromatic N) is 1. The molecule has 8 nitrogen and oxygen atoms in total. The number of sulfonamides is 1. The number of hydrogen-bond acceptors (Lipinski definition) is 5. The van der Waals surface area contributed by atoms with E-state index in [-0.39, 0.29) is 36.1 Å². The molecule has 0 fully saturated rings. The van der Waals surface area contributed by atoms with Crippen molar-refractivity contribution in [1.29, 1.82) is 0 Å². The molecule has 2 aromatic rings. The molecular formula is C22H27N3O5S. The number of nitrogens with one attached hydrogen (secondary N) is 2. The van der Waals surface area contributed by atoms with E-state index in [9.17, 15) is 22.8 Å². The van der Waals surface area contributed by atoms with Gasteiger partial charge in [-0.3, -0.25) is 14.4 Å². The Bertz CT molecular complexity index is 1010. The molecule has 0 atom stereocenters. The van der Waals surface area contributed by atoms with E-state index in [1.807, 2.05) is 37.3 Å². The second-order valence-corrected chi connectivity index (χ2v) is 8.67. The fraction of sp³-hybridized carbons (Fsp3) is 0.318. The van der Waals surface area contributed by atoms with Gasteiger partial charge in [0.1, 0.15) is 0 Å². The van der Waals surface area contributed by atoms with E-state index < -0.39 is 15.9 Å². The number of rotatable bonds is 11. The molecule has 2 rings (SSSR count). The lowest BCUT2D eigenvalue weighted by molar-refractivity contribution is -0.133. The normalized spacial score (nSPS) is 11.0. The quantitative estimate of drug-likeness (QED) is 0.512. The van der Waals surface area contributed by atoms with Crippen molar-refractivity contribution in [2.45, 2.75) is 31.7 Å². The summed E-state index contributed by atoms with van der Waals surface area (Å²) >= 11 is 0. The molecule has 0 bridgehead atoms. The van der Waals surface area contributed by atoms with Crippen LogP contribution in [-0.2, 0) is 26.2 Å². The van der Waals surface area contributed by atoms with Crippen LogP contribution in [-0.4, -0.2) is 50.5 Å². The number of likely N-dealkylation sites (N-methyl/N-ethyl adjacent to an activating group) is 1. The van der Waals surface area contributed by atoms with E-state index in [2.05, 4.69) is 10.0 Å². The van der Waals surface area contributed by atoms with Crippen molar-refractivity contribution < 1.29 is 22.8 Å². The maximum absolute atomic E-state index is 12.4. The first-order valence-corrected chi connectivity index (χ1v) is 11.4. The minimum Gasteiger partial charge on any atom is -0.347 e. The summed E-state index contributed by atoms with van der Waals surface area (Å²) in [5, 5.41) is 2.53. The zero-order valence-electron chi connectivity index (χ0n) is 17.6. The Balaban J connectivity index is 1.78. The molecule has 166 valence electrons. The van der Waals surface area contributed by atoms with Gasteiger partial charge in [0, 0.05) is 31.6 Å². The summed E-state index contributed by atoms with van der Waals surface area (Å²) < 4.78 is 26.9. The number of benzene rings is 2. The summed E-state index contributed by atoms with van der Waals surface area (Å²) in [4.78, 5) is 37.3. The van der Waals surface area contributed by atoms with E-state index >= 15 is 0 Å². The van der Waals surface area contributed by atoms with Crippen molar-refractivity contribution >= 4 is 27.6 Å². The average molecular weight is 446 g/mol. The van der Waals surface area contributed by atoms with Crippen LogP contribution in [0.1, 0.15) is 36.2 Å². The van der Waals surface area contributed by atoms with Crippen LogP contribution in [0.5, 0.6) is 0 Å². The second-order valence-electron chi connectivity index (χ2n) is 6.90. The Kier molecular flexibility index (Phi) is 8.89. The lowest BCUT2D eigenvalue weighted by Crippen LogP contribution is -2.40. The van der Waals surface area contributed by atoms with Gasteiger partial charge in [-0.2, -0.15) is 0 Å². The number of hydrogen-bond donors (Lipinski definition) is 2. The number of Topliss-reactive ketones (excluding diaryl/α,β-unsaturated/α-hetero) is 1. The van der Waals surface area contributed by atoms with Crippen LogP contribution in [0.15, 0.2) is 59.5 Å². The Hall–Kier alpha value is -3.04. The zero-order valence-corrected chi connectivity index (χ0v) is 18.4. The van der Waals surface area contributed by atoms with Crippen molar-refractivity contribution in [3.63, 3.8) is 0 Å². The summed E-state index contributed by atoms with van der Waals surface area (Å²) in [6.07, 6.45) is -0.108. The maximum atomic E-state index is 12.4. The first kappa shape index (κ1) is 24.2. The van der Waals surface area contributed by atoms with E-state index in [0.717, 1.165) is 5.56 Å². The van der Waals surface area contributed by atoms with Gasteiger partial charge in [0.15, 0.2) is 5.78 Å². The van der Waals surface area contributed by atoms with E-state index in [4.69, 9.17) is 0 Å². The highest BCUT2D eigenvalue weighted by atomic mass is 32.2. The monoisotopic (exact) mass is 445 g/mol. The number of amides is 2. The van der Waals surface area contributed by atoms with Crippen LogP contribution in [0.3, 0.4) is 0 Å². The van der Waals surface area contributed by atoms with Crippen molar-refractivity contribution in [1.82, 2.24) is 14.9 Å². The molecule has 0 saturated heterocycles. The molecular weight excluding hydrogens is 418 g/mol. The van der Waals surface area contributed by atoms with Gasteiger partial charge in [0.25, 0.3) is 0 Å². The Morgan fingerprint density at radius 1 is 0.968 bits per heavy atom. The molecule has 0 aromatic heterocycles. The van der Waals surface area contributed by atoms with Crippen molar-refractivity contribution in [2.75, 3.05) is 19.6 Å². The van der Waals surface area contributed by atoms with Gasteiger partial charge in [0.05, 0.1) is 11.4 Å². The Morgan fingerprint density at radius 3 is 2.19 bits per heavy atom. The van der Waals surface area contributed by atoms with E-state index in [0.29, 0.717) is 18.7 Å². The van der Waals surface area contributed by atoms with Crippen LogP contribution >= 0.6 is 0 Å².